The van der Waals surface area contributed by atoms with Crippen LogP contribution in [0.3, 0.4) is 0 Å². The number of benzene rings is 3. The highest BCUT2D eigenvalue weighted by Gasteiger charge is 2.23. The lowest BCUT2D eigenvalue weighted by Gasteiger charge is -2.33. The molecule has 0 aliphatic carbocycles. The Balaban J connectivity index is 1.04. The monoisotopic (exact) mass is 482 g/mol. The third-order valence-electron chi connectivity index (χ3n) is 7.11. The van der Waals surface area contributed by atoms with Crippen LogP contribution >= 0.6 is 0 Å². The van der Waals surface area contributed by atoms with Crippen LogP contribution in [0.4, 0.5) is 0 Å². The molecule has 1 aliphatic rings. The van der Waals surface area contributed by atoms with E-state index in [1.54, 1.807) is 6.92 Å². The molecular weight excluding hydrogens is 452 g/mol. The molecule has 184 valence electrons. The molecule has 1 atom stereocenters. The SMILES string of the molecule is Cc1nnc(-c2cc3c(OC[C@H](O)CN4CCC(c5ccc6ccccc6c5)CC4)cccc3[nH]2)o1. The lowest BCUT2D eigenvalue weighted by molar-refractivity contribution is 0.0599. The summed E-state index contributed by atoms with van der Waals surface area (Å²) in [5, 5.41) is 22.2. The second kappa shape index (κ2) is 9.76. The van der Waals surface area contributed by atoms with Gasteiger partial charge in [-0.2, -0.15) is 0 Å². The molecule has 0 radical (unpaired) electrons. The highest BCUT2D eigenvalue weighted by atomic mass is 16.5. The number of ether oxygens (including phenoxy) is 1. The molecule has 2 aromatic heterocycles. The van der Waals surface area contributed by atoms with E-state index < -0.39 is 6.10 Å². The van der Waals surface area contributed by atoms with E-state index in [0.717, 1.165) is 48.3 Å². The summed E-state index contributed by atoms with van der Waals surface area (Å²) >= 11 is 0. The van der Waals surface area contributed by atoms with Crippen molar-refractivity contribution >= 4 is 21.7 Å². The molecule has 7 nitrogen and oxygen atoms in total. The summed E-state index contributed by atoms with van der Waals surface area (Å²) in [7, 11) is 0. The van der Waals surface area contributed by atoms with Crippen molar-refractivity contribution < 1.29 is 14.3 Å². The van der Waals surface area contributed by atoms with Gasteiger partial charge in [-0.25, -0.2) is 0 Å². The zero-order valence-corrected chi connectivity index (χ0v) is 20.4. The van der Waals surface area contributed by atoms with E-state index in [2.05, 4.69) is 62.5 Å². The molecule has 0 saturated carbocycles. The smallest absolute Gasteiger partial charge is 0.264 e. The Labute approximate surface area is 209 Å². The van der Waals surface area contributed by atoms with Crippen molar-refractivity contribution in [2.45, 2.75) is 31.8 Å². The van der Waals surface area contributed by atoms with E-state index >= 15 is 0 Å². The number of fused-ring (bicyclic) bond motifs is 2. The minimum Gasteiger partial charge on any atom is -0.490 e. The van der Waals surface area contributed by atoms with Gasteiger partial charge < -0.3 is 24.1 Å². The molecule has 1 fully saturated rings. The number of aromatic amines is 1. The lowest BCUT2D eigenvalue weighted by Crippen LogP contribution is -2.40. The Kier molecular flexibility index (Phi) is 6.17. The third-order valence-corrected chi connectivity index (χ3v) is 7.11. The van der Waals surface area contributed by atoms with E-state index in [4.69, 9.17) is 9.15 Å². The second-order valence-corrected chi connectivity index (χ2v) is 9.67. The van der Waals surface area contributed by atoms with E-state index in [9.17, 15) is 5.11 Å². The number of aromatic nitrogens is 3. The minimum absolute atomic E-state index is 0.240. The number of β-amino-alcohol motifs (C(OH)–C–C–N with tert-alkyl or cyclic N) is 1. The van der Waals surface area contributed by atoms with Crippen LogP contribution < -0.4 is 4.74 Å². The van der Waals surface area contributed by atoms with Gasteiger partial charge in [0.25, 0.3) is 5.89 Å². The number of aliphatic hydroxyl groups excluding tert-OH is 1. The summed E-state index contributed by atoms with van der Waals surface area (Å²) in [6.45, 7) is 4.58. The van der Waals surface area contributed by atoms with Crippen molar-refractivity contribution in [1.29, 1.82) is 0 Å². The van der Waals surface area contributed by atoms with Crippen LogP contribution in [-0.4, -0.2) is 57.5 Å². The predicted molar refractivity (Wildman–Crippen MR) is 140 cm³/mol. The first kappa shape index (κ1) is 22.8. The van der Waals surface area contributed by atoms with Crippen molar-refractivity contribution in [3.05, 3.63) is 78.2 Å². The van der Waals surface area contributed by atoms with Gasteiger partial charge in [0.2, 0.25) is 5.89 Å². The Bertz CT molecular complexity index is 1480. The number of nitrogens with one attached hydrogen (secondary N) is 1. The Hall–Kier alpha value is -3.68. The molecule has 0 amide bonds. The topological polar surface area (TPSA) is 87.4 Å². The average Bonchev–Trinajstić information content (AvgIpc) is 3.54. The Morgan fingerprint density at radius 1 is 1.03 bits per heavy atom. The number of aryl methyl sites for hydroxylation is 1. The zero-order valence-electron chi connectivity index (χ0n) is 20.4. The van der Waals surface area contributed by atoms with Crippen LogP contribution in [0.5, 0.6) is 5.75 Å². The maximum absolute atomic E-state index is 10.7. The molecule has 5 aromatic rings. The number of rotatable bonds is 7. The van der Waals surface area contributed by atoms with Gasteiger partial charge >= 0.3 is 0 Å². The van der Waals surface area contributed by atoms with Crippen molar-refractivity contribution in [2.24, 2.45) is 0 Å². The fourth-order valence-electron chi connectivity index (χ4n) is 5.22. The molecular formula is C29H30N4O3. The van der Waals surface area contributed by atoms with Crippen molar-refractivity contribution in [3.63, 3.8) is 0 Å². The molecule has 2 N–H and O–H groups in total. The first-order valence-corrected chi connectivity index (χ1v) is 12.6. The standard InChI is InChI=1S/C29H30N4O3/c1-19-31-32-29(36-19)27-16-25-26(30-27)7-4-8-28(25)35-18-24(34)17-33-13-11-21(12-14-33)23-10-9-20-5-2-3-6-22(20)15-23/h2-10,15-16,21,24,30,34H,11-14,17-18H2,1H3/t24-/m1/s1. The van der Waals surface area contributed by atoms with Gasteiger partial charge in [-0.1, -0.05) is 48.5 Å². The lowest BCUT2D eigenvalue weighted by atomic mass is 9.88. The molecule has 1 aliphatic heterocycles. The third kappa shape index (κ3) is 4.72. The summed E-state index contributed by atoms with van der Waals surface area (Å²) in [4.78, 5) is 5.64. The first-order chi connectivity index (χ1) is 17.6. The number of hydrogen-bond donors (Lipinski definition) is 2. The van der Waals surface area contributed by atoms with Gasteiger partial charge in [0.15, 0.2) is 0 Å². The van der Waals surface area contributed by atoms with Crippen LogP contribution in [-0.2, 0) is 0 Å². The highest BCUT2D eigenvalue weighted by Crippen LogP contribution is 2.32. The van der Waals surface area contributed by atoms with Crippen LogP contribution in [0.1, 0.15) is 30.2 Å². The van der Waals surface area contributed by atoms with E-state index in [0.29, 0.717) is 24.2 Å². The van der Waals surface area contributed by atoms with Crippen LogP contribution in [0.2, 0.25) is 0 Å². The second-order valence-electron chi connectivity index (χ2n) is 9.67. The first-order valence-electron chi connectivity index (χ1n) is 12.6. The number of aliphatic hydroxyl groups is 1. The Morgan fingerprint density at radius 2 is 1.86 bits per heavy atom. The summed E-state index contributed by atoms with van der Waals surface area (Å²) in [5.41, 5.74) is 3.09. The van der Waals surface area contributed by atoms with E-state index in [1.165, 1.54) is 16.3 Å². The molecule has 1 saturated heterocycles. The molecule has 36 heavy (non-hydrogen) atoms. The van der Waals surface area contributed by atoms with Crippen molar-refractivity contribution in [2.75, 3.05) is 26.2 Å². The number of nitrogens with zero attached hydrogens (tertiary/aromatic N) is 3. The summed E-state index contributed by atoms with van der Waals surface area (Å²) in [6.07, 6.45) is 1.65. The van der Waals surface area contributed by atoms with Gasteiger partial charge in [0, 0.05) is 24.4 Å². The number of hydrogen-bond acceptors (Lipinski definition) is 6. The van der Waals surface area contributed by atoms with Gasteiger partial charge in [-0.05, 0) is 66.4 Å². The maximum Gasteiger partial charge on any atom is 0.264 e. The number of H-pyrrole nitrogens is 1. The predicted octanol–water partition coefficient (Wildman–Crippen LogP) is 5.30. The van der Waals surface area contributed by atoms with Gasteiger partial charge in [-0.15, -0.1) is 10.2 Å². The highest BCUT2D eigenvalue weighted by molar-refractivity contribution is 5.90. The molecule has 3 aromatic carbocycles. The fraction of sp³-hybridized carbons (Fsp3) is 0.310. The van der Waals surface area contributed by atoms with E-state index in [-0.39, 0.29) is 6.61 Å². The average molecular weight is 483 g/mol. The van der Waals surface area contributed by atoms with Crippen LogP contribution in [0.15, 0.2) is 71.1 Å². The Morgan fingerprint density at radius 3 is 2.67 bits per heavy atom. The summed E-state index contributed by atoms with van der Waals surface area (Å²) in [6, 6.07) is 23.2. The van der Waals surface area contributed by atoms with Crippen molar-refractivity contribution in [3.8, 4) is 17.3 Å². The van der Waals surface area contributed by atoms with Crippen LogP contribution in [0, 0.1) is 6.92 Å². The van der Waals surface area contributed by atoms with Gasteiger partial charge in [0.1, 0.15) is 24.2 Å². The minimum atomic E-state index is -0.561. The normalized spacial score (nSPS) is 16.1. The quantitative estimate of drug-likeness (QED) is 0.327. The maximum atomic E-state index is 10.7. The molecule has 0 bridgehead atoms. The van der Waals surface area contributed by atoms with Gasteiger partial charge in [0.05, 0.1) is 0 Å². The zero-order chi connectivity index (χ0) is 24.5. The molecule has 7 heteroatoms. The largest absolute Gasteiger partial charge is 0.490 e. The molecule has 6 rings (SSSR count). The fourth-order valence-corrected chi connectivity index (χ4v) is 5.22. The van der Waals surface area contributed by atoms with Crippen molar-refractivity contribution in [1.82, 2.24) is 20.1 Å². The number of likely N-dealkylation sites (tertiary alicyclic amines) is 1. The molecule has 0 unspecified atom stereocenters. The van der Waals surface area contributed by atoms with E-state index in [1.807, 2.05) is 24.3 Å². The summed E-state index contributed by atoms with van der Waals surface area (Å²) < 4.78 is 11.6. The van der Waals surface area contributed by atoms with Crippen LogP contribution in [0.25, 0.3) is 33.3 Å². The molecule has 0 spiro atoms. The number of piperidine rings is 1. The van der Waals surface area contributed by atoms with Gasteiger partial charge in [-0.3, -0.25) is 0 Å². The molecule has 3 heterocycles. The summed E-state index contributed by atoms with van der Waals surface area (Å²) in [5.74, 6) is 2.26.